The van der Waals surface area contributed by atoms with Crippen LogP contribution in [0.15, 0.2) is 59.6 Å². The lowest BCUT2D eigenvalue weighted by atomic mass is 9.91. The molecule has 0 aromatic heterocycles. The van der Waals surface area contributed by atoms with Crippen LogP contribution in [0.1, 0.15) is 68.6 Å². The Balaban J connectivity index is 2.17. The molecule has 2 aromatic rings. The second-order valence-electron chi connectivity index (χ2n) is 9.80. The maximum Gasteiger partial charge on any atom is 0.437 e. The van der Waals surface area contributed by atoms with E-state index in [2.05, 4.69) is 10.3 Å². The van der Waals surface area contributed by atoms with Crippen molar-refractivity contribution in [3.05, 3.63) is 71.3 Å². The lowest BCUT2D eigenvalue weighted by Gasteiger charge is -2.42. The molecule has 0 spiro atoms. The Bertz CT molecular complexity index is 1100. The predicted molar refractivity (Wildman–Crippen MR) is 128 cm³/mol. The summed E-state index contributed by atoms with van der Waals surface area (Å²) in [6.45, 7) is 8.97. The third kappa shape index (κ3) is 6.01. The van der Waals surface area contributed by atoms with Gasteiger partial charge in [0.25, 0.3) is 0 Å². The molecule has 0 bridgehead atoms. The standard InChI is InChI=1S/C26H31N3O5/c1-25(2,3)34-24(32)27-23-28-26(4,5)16-20(30)29(23)21(17-11-8-7-9-12-17)18-13-10-14-19(15-18)22(31)33-6/h7-15,21H,16H2,1-6H3,(H,27,28,32). The van der Waals surface area contributed by atoms with Crippen molar-refractivity contribution in [2.24, 2.45) is 4.99 Å². The highest BCUT2D eigenvalue weighted by Crippen LogP contribution is 2.33. The summed E-state index contributed by atoms with van der Waals surface area (Å²) < 4.78 is 10.3. The van der Waals surface area contributed by atoms with Crippen molar-refractivity contribution in [3.8, 4) is 0 Å². The van der Waals surface area contributed by atoms with E-state index in [-0.39, 0.29) is 18.3 Å². The fourth-order valence-corrected chi connectivity index (χ4v) is 3.79. The minimum Gasteiger partial charge on any atom is -0.465 e. The number of hydrogen-bond acceptors (Lipinski definition) is 5. The van der Waals surface area contributed by atoms with Gasteiger partial charge < -0.3 is 14.8 Å². The molecule has 180 valence electrons. The molecule has 1 heterocycles. The number of amides is 2. The summed E-state index contributed by atoms with van der Waals surface area (Å²) in [5.41, 5.74) is 0.443. The maximum absolute atomic E-state index is 13.5. The minimum absolute atomic E-state index is 0.0906. The van der Waals surface area contributed by atoms with Gasteiger partial charge in [-0.3, -0.25) is 9.69 Å². The number of methoxy groups -OCH3 is 1. The van der Waals surface area contributed by atoms with Gasteiger partial charge in [-0.15, -0.1) is 4.99 Å². The number of benzene rings is 2. The van der Waals surface area contributed by atoms with Crippen molar-refractivity contribution < 1.29 is 23.9 Å². The molecule has 1 saturated heterocycles. The first-order chi connectivity index (χ1) is 15.9. The maximum atomic E-state index is 13.5. The second-order valence-corrected chi connectivity index (χ2v) is 9.80. The highest BCUT2D eigenvalue weighted by molar-refractivity contribution is 6.04. The van der Waals surface area contributed by atoms with Crippen LogP contribution in [-0.4, -0.2) is 47.1 Å². The van der Waals surface area contributed by atoms with Gasteiger partial charge in [0.05, 0.1) is 18.7 Å². The Hall–Kier alpha value is -3.68. The third-order valence-electron chi connectivity index (χ3n) is 5.13. The number of nitrogens with zero attached hydrogens (tertiary/aromatic N) is 2. The highest BCUT2D eigenvalue weighted by Gasteiger charge is 2.41. The van der Waals surface area contributed by atoms with Gasteiger partial charge in [-0.1, -0.05) is 42.5 Å². The Morgan fingerprint density at radius 1 is 1.06 bits per heavy atom. The zero-order valence-electron chi connectivity index (χ0n) is 20.4. The molecule has 1 fully saturated rings. The predicted octanol–water partition coefficient (Wildman–Crippen LogP) is 4.45. The molecule has 3 rings (SSSR count). The molecule has 0 saturated carbocycles. The first kappa shape index (κ1) is 25.0. The van der Waals surface area contributed by atoms with Crippen molar-refractivity contribution in [1.82, 2.24) is 10.2 Å². The fraction of sp³-hybridized carbons (Fsp3) is 0.385. The van der Waals surface area contributed by atoms with Gasteiger partial charge in [-0.25, -0.2) is 9.59 Å². The topological polar surface area (TPSA) is 97.3 Å². The van der Waals surface area contributed by atoms with Crippen molar-refractivity contribution in [1.29, 1.82) is 0 Å². The van der Waals surface area contributed by atoms with Crippen molar-refractivity contribution in [2.75, 3.05) is 7.11 Å². The molecular formula is C26H31N3O5. The van der Waals surface area contributed by atoms with Crippen molar-refractivity contribution in [2.45, 2.75) is 58.2 Å². The number of hydrogen-bond donors (Lipinski definition) is 1. The van der Waals surface area contributed by atoms with Crippen LogP contribution < -0.4 is 5.32 Å². The van der Waals surface area contributed by atoms with Gasteiger partial charge >= 0.3 is 12.1 Å². The molecule has 2 aromatic carbocycles. The summed E-state index contributed by atoms with van der Waals surface area (Å²) in [5, 5.41) is 3.22. The normalized spacial score (nSPS) is 17.6. The Morgan fingerprint density at radius 2 is 1.71 bits per heavy atom. The van der Waals surface area contributed by atoms with E-state index in [4.69, 9.17) is 9.47 Å². The Morgan fingerprint density at radius 3 is 2.32 bits per heavy atom. The molecule has 1 aliphatic heterocycles. The quantitative estimate of drug-likeness (QED) is 0.670. The van der Waals surface area contributed by atoms with Gasteiger partial charge in [0.1, 0.15) is 5.60 Å². The fourth-order valence-electron chi connectivity index (χ4n) is 3.79. The van der Waals surface area contributed by atoms with Crippen LogP contribution in [0.5, 0.6) is 0 Å². The molecule has 34 heavy (non-hydrogen) atoms. The number of rotatable bonds is 4. The monoisotopic (exact) mass is 465 g/mol. The average Bonchev–Trinajstić information content (AvgIpc) is 2.74. The lowest BCUT2D eigenvalue weighted by Crippen LogP contribution is -2.61. The van der Waals surface area contributed by atoms with E-state index in [1.165, 1.54) is 12.0 Å². The minimum atomic E-state index is -0.805. The summed E-state index contributed by atoms with van der Waals surface area (Å²) >= 11 is 0. The van der Waals surface area contributed by atoms with E-state index in [1.54, 1.807) is 39.0 Å². The number of nitrogens with one attached hydrogen (secondary N) is 1. The molecular weight excluding hydrogens is 434 g/mol. The summed E-state index contributed by atoms with van der Waals surface area (Å²) in [7, 11) is 1.31. The molecule has 2 amide bonds. The number of aliphatic imine (C=N–C) groups is 1. The largest absolute Gasteiger partial charge is 0.465 e. The lowest BCUT2D eigenvalue weighted by molar-refractivity contribution is -0.131. The van der Waals surface area contributed by atoms with E-state index in [1.807, 2.05) is 50.2 Å². The number of carbonyl (C=O) groups is 3. The summed E-state index contributed by atoms with van der Waals surface area (Å²) in [6, 6.07) is 15.6. The van der Waals surface area contributed by atoms with Gasteiger partial charge in [0.2, 0.25) is 11.9 Å². The van der Waals surface area contributed by atoms with Gasteiger partial charge in [0.15, 0.2) is 0 Å². The summed E-state index contributed by atoms with van der Waals surface area (Å²) in [5.74, 6) is -0.614. The second kappa shape index (κ2) is 9.67. The molecule has 0 radical (unpaired) electrons. The van der Waals surface area contributed by atoms with E-state index >= 15 is 0 Å². The van der Waals surface area contributed by atoms with E-state index < -0.39 is 29.2 Å². The van der Waals surface area contributed by atoms with Gasteiger partial charge in [-0.05, 0) is 57.9 Å². The van der Waals surface area contributed by atoms with E-state index in [9.17, 15) is 14.4 Å². The van der Waals surface area contributed by atoms with Crippen LogP contribution in [0, 0.1) is 0 Å². The van der Waals surface area contributed by atoms with Crippen LogP contribution in [0.4, 0.5) is 4.79 Å². The SMILES string of the molecule is COC(=O)c1cccc(C(c2ccccc2)N2C(=O)CC(C)(C)N/C2=N/C(=O)OC(C)(C)C)c1. The summed E-state index contributed by atoms with van der Waals surface area (Å²) in [6.07, 6.45) is -0.624. The number of guanidine groups is 1. The van der Waals surface area contributed by atoms with Gasteiger partial charge in [0, 0.05) is 12.0 Å². The molecule has 1 N–H and O–H groups in total. The molecule has 8 heteroatoms. The third-order valence-corrected chi connectivity index (χ3v) is 5.13. The van der Waals surface area contributed by atoms with Crippen LogP contribution in [0.2, 0.25) is 0 Å². The number of esters is 1. The first-order valence-corrected chi connectivity index (χ1v) is 11.1. The Labute approximate surface area is 200 Å². The average molecular weight is 466 g/mol. The smallest absolute Gasteiger partial charge is 0.437 e. The first-order valence-electron chi connectivity index (χ1n) is 11.1. The Kier molecular flexibility index (Phi) is 7.09. The highest BCUT2D eigenvalue weighted by atomic mass is 16.6. The molecule has 8 nitrogen and oxygen atoms in total. The molecule has 1 aliphatic rings. The van der Waals surface area contributed by atoms with E-state index in [0.29, 0.717) is 11.1 Å². The zero-order chi connectivity index (χ0) is 25.1. The van der Waals surface area contributed by atoms with Crippen LogP contribution >= 0.6 is 0 Å². The molecule has 1 atom stereocenters. The van der Waals surface area contributed by atoms with E-state index in [0.717, 1.165) is 5.56 Å². The van der Waals surface area contributed by atoms with Crippen molar-refractivity contribution >= 4 is 23.9 Å². The van der Waals surface area contributed by atoms with Crippen LogP contribution in [0.3, 0.4) is 0 Å². The molecule has 0 aliphatic carbocycles. The number of carbonyl (C=O) groups excluding carboxylic acids is 3. The summed E-state index contributed by atoms with van der Waals surface area (Å²) in [4.78, 5) is 43.9. The zero-order valence-corrected chi connectivity index (χ0v) is 20.4. The van der Waals surface area contributed by atoms with Crippen LogP contribution in [-0.2, 0) is 14.3 Å². The number of ether oxygens (including phenoxy) is 2. The van der Waals surface area contributed by atoms with Crippen molar-refractivity contribution in [3.63, 3.8) is 0 Å². The molecule has 1 unspecified atom stereocenters. The van der Waals surface area contributed by atoms with Gasteiger partial charge in [-0.2, -0.15) is 0 Å². The van der Waals surface area contributed by atoms with Crippen LogP contribution in [0.25, 0.3) is 0 Å².